The summed E-state index contributed by atoms with van der Waals surface area (Å²) >= 11 is 0. The van der Waals surface area contributed by atoms with Crippen LogP contribution in [0.15, 0.2) is 78.6 Å². The van der Waals surface area contributed by atoms with Crippen LogP contribution in [0.2, 0.25) is 0 Å². The van der Waals surface area contributed by atoms with Crippen LogP contribution in [0.4, 0.5) is 0 Å². The Morgan fingerprint density at radius 2 is 1.54 bits per heavy atom. The summed E-state index contributed by atoms with van der Waals surface area (Å²) in [6.07, 6.45) is 6.80. The highest BCUT2D eigenvalue weighted by Crippen LogP contribution is 2.41. The molecule has 2 nitrogen and oxygen atoms in total. The van der Waals surface area contributed by atoms with Gasteiger partial charge < -0.3 is 0 Å². The van der Waals surface area contributed by atoms with Crippen LogP contribution < -0.4 is 0 Å². The minimum absolute atomic E-state index is 0.0309. The monoisotopic (exact) mass is 342 g/mol. The van der Waals surface area contributed by atoms with E-state index in [2.05, 4.69) is 75.2 Å². The van der Waals surface area contributed by atoms with Gasteiger partial charge in [-0.05, 0) is 25.8 Å². The Hall–Kier alpha value is -2.74. The summed E-state index contributed by atoms with van der Waals surface area (Å²) in [4.78, 5) is 9.40. The average molecular weight is 342 g/mol. The van der Waals surface area contributed by atoms with Crippen molar-refractivity contribution in [3.63, 3.8) is 0 Å². The third-order valence-corrected chi connectivity index (χ3v) is 5.53. The Bertz CT molecular complexity index is 912. The largest absolute Gasteiger partial charge is 0.252 e. The third kappa shape index (κ3) is 3.20. The van der Waals surface area contributed by atoms with Gasteiger partial charge >= 0.3 is 0 Å². The Labute approximate surface area is 156 Å². The minimum Gasteiger partial charge on any atom is -0.252 e. The summed E-state index contributed by atoms with van der Waals surface area (Å²) < 4.78 is 0. The molecule has 132 valence electrons. The van der Waals surface area contributed by atoms with Gasteiger partial charge in [-0.25, -0.2) is 0 Å². The molecule has 1 aromatic heterocycles. The first-order chi connectivity index (χ1) is 12.6. The van der Waals surface area contributed by atoms with E-state index in [1.54, 1.807) is 12.4 Å². The highest BCUT2D eigenvalue weighted by Gasteiger charge is 2.30. The summed E-state index contributed by atoms with van der Waals surface area (Å²) in [5.74, 6) is 0. The van der Waals surface area contributed by atoms with Crippen LogP contribution in [0.25, 0.3) is 22.5 Å². The molecule has 1 atom stereocenters. The molecule has 26 heavy (non-hydrogen) atoms. The maximum atomic E-state index is 4.74. The quantitative estimate of drug-likeness (QED) is 0.498. The van der Waals surface area contributed by atoms with Crippen molar-refractivity contribution in [3.05, 3.63) is 84.2 Å². The van der Waals surface area contributed by atoms with Crippen molar-refractivity contribution in [1.82, 2.24) is 9.97 Å². The molecule has 0 saturated carbocycles. The molecule has 3 aromatic rings. The molecule has 0 radical (unpaired) electrons. The third-order valence-electron chi connectivity index (χ3n) is 5.53. The number of rotatable bonds is 5. The van der Waals surface area contributed by atoms with E-state index in [0.29, 0.717) is 0 Å². The van der Waals surface area contributed by atoms with Crippen molar-refractivity contribution in [1.29, 1.82) is 0 Å². The Morgan fingerprint density at radius 3 is 2.19 bits per heavy atom. The fourth-order valence-electron chi connectivity index (χ4n) is 3.51. The molecular weight excluding hydrogens is 316 g/mol. The number of aromatic nitrogens is 2. The van der Waals surface area contributed by atoms with E-state index in [1.807, 2.05) is 18.2 Å². The summed E-state index contributed by atoms with van der Waals surface area (Å²) in [6, 6.07) is 18.9. The predicted octanol–water partition coefficient (Wildman–Crippen LogP) is 6.44. The van der Waals surface area contributed by atoms with Gasteiger partial charge in [-0.1, -0.05) is 80.1 Å². The SMILES string of the molecule is C/C=C(/C)C(C)(CC)c1ccccc1-c1nccnc1-c1ccccc1. The van der Waals surface area contributed by atoms with Gasteiger partial charge in [0.15, 0.2) is 0 Å². The van der Waals surface area contributed by atoms with Crippen molar-refractivity contribution >= 4 is 0 Å². The van der Waals surface area contributed by atoms with Gasteiger partial charge in [-0.15, -0.1) is 0 Å². The second-order valence-electron chi connectivity index (χ2n) is 6.82. The van der Waals surface area contributed by atoms with E-state index >= 15 is 0 Å². The van der Waals surface area contributed by atoms with Gasteiger partial charge in [0.05, 0.1) is 11.4 Å². The van der Waals surface area contributed by atoms with Gasteiger partial charge in [0.2, 0.25) is 0 Å². The molecule has 2 aromatic carbocycles. The zero-order valence-electron chi connectivity index (χ0n) is 16.0. The summed E-state index contributed by atoms with van der Waals surface area (Å²) in [7, 11) is 0. The summed E-state index contributed by atoms with van der Waals surface area (Å²) in [5.41, 5.74) is 6.76. The fourth-order valence-corrected chi connectivity index (χ4v) is 3.51. The lowest BCUT2D eigenvalue weighted by molar-refractivity contribution is 0.537. The zero-order chi connectivity index (χ0) is 18.6. The lowest BCUT2D eigenvalue weighted by Gasteiger charge is -2.32. The smallest absolute Gasteiger partial charge is 0.0968 e. The molecule has 0 aliphatic carbocycles. The molecule has 0 amide bonds. The molecule has 0 aliphatic rings. The van der Waals surface area contributed by atoms with E-state index in [1.165, 1.54) is 11.1 Å². The first-order valence-electron chi connectivity index (χ1n) is 9.21. The van der Waals surface area contributed by atoms with E-state index in [4.69, 9.17) is 4.98 Å². The van der Waals surface area contributed by atoms with E-state index in [9.17, 15) is 0 Å². The van der Waals surface area contributed by atoms with E-state index < -0.39 is 0 Å². The second kappa shape index (κ2) is 7.65. The molecule has 0 bridgehead atoms. The minimum atomic E-state index is -0.0309. The average Bonchev–Trinajstić information content (AvgIpc) is 2.73. The molecule has 0 fully saturated rings. The summed E-state index contributed by atoms with van der Waals surface area (Å²) in [6.45, 7) is 8.90. The molecule has 0 aliphatic heterocycles. The number of hydrogen-bond acceptors (Lipinski definition) is 2. The normalized spacial score (nSPS) is 14.1. The molecule has 1 unspecified atom stereocenters. The first-order valence-corrected chi connectivity index (χ1v) is 9.21. The number of nitrogens with zero attached hydrogens (tertiary/aromatic N) is 2. The van der Waals surface area contributed by atoms with Gasteiger partial charge in [0, 0.05) is 28.9 Å². The second-order valence-corrected chi connectivity index (χ2v) is 6.82. The van der Waals surface area contributed by atoms with Crippen molar-refractivity contribution in [3.8, 4) is 22.5 Å². The Kier molecular flexibility index (Phi) is 5.32. The van der Waals surface area contributed by atoms with Crippen LogP contribution in [0, 0.1) is 0 Å². The van der Waals surface area contributed by atoms with Crippen LogP contribution in [-0.4, -0.2) is 9.97 Å². The molecule has 0 spiro atoms. The predicted molar refractivity (Wildman–Crippen MR) is 110 cm³/mol. The van der Waals surface area contributed by atoms with Crippen molar-refractivity contribution < 1.29 is 0 Å². The maximum Gasteiger partial charge on any atom is 0.0968 e. The zero-order valence-corrected chi connectivity index (χ0v) is 16.0. The van der Waals surface area contributed by atoms with Crippen molar-refractivity contribution in [2.24, 2.45) is 0 Å². The standard InChI is InChI=1S/C24H26N2/c1-5-18(3)24(4,6-2)21-15-11-10-14-20(21)23-22(25-16-17-26-23)19-12-8-7-9-13-19/h5,7-17H,6H2,1-4H3/b18-5-. The number of hydrogen-bond donors (Lipinski definition) is 0. The van der Waals surface area contributed by atoms with Gasteiger partial charge in [0.25, 0.3) is 0 Å². The van der Waals surface area contributed by atoms with Gasteiger partial charge in [0.1, 0.15) is 0 Å². The van der Waals surface area contributed by atoms with E-state index in [-0.39, 0.29) is 5.41 Å². The van der Waals surface area contributed by atoms with E-state index in [0.717, 1.165) is 28.9 Å². The lowest BCUT2D eigenvalue weighted by atomic mass is 9.72. The Morgan fingerprint density at radius 1 is 0.923 bits per heavy atom. The summed E-state index contributed by atoms with van der Waals surface area (Å²) in [5, 5.41) is 0. The molecule has 0 saturated heterocycles. The van der Waals surface area contributed by atoms with Crippen LogP contribution >= 0.6 is 0 Å². The van der Waals surface area contributed by atoms with Gasteiger partial charge in [-0.2, -0.15) is 0 Å². The van der Waals surface area contributed by atoms with Crippen molar-refractivity contribution in [2.75, 3.05) is 0 Å². The topological polar surface area (TPSA) is 25.8 Å². The first kappa shape index (κ1) is 18.1. The van der Waals surface area contributed by atoms with Crippen molar-refractivity contribution in [2.45, 2.75) is 39.5 Å². The molecule has 2 heteroatoms. The molecule has 3 rings (SSSR count). The van der Waals surface area contributed by atoms with Gasteiger partial charge in [-0.3, -0.25) is 9.97 Å². The molecule has 1 heterocycles. The number of benzene rings is 2. The number of allylic oxidation sites excluding steroid dienone is 2. The van der Waals surface area contributed by atoms with Crippen LogP contribution in [0.3, 0.4) is 0 Å². The van der Waals surface area contributed by atoms with Crippen LogP contribution in [0.1, 0.15) is 39.7 Å². The van der Waals surface area contributed by atoms with Crippen LogP contribution in [0.5, 0.6) is 0 Å². The fraction of sp³-hybridized carbons (Fsp3) is 0.250. The maximum absolute atomic E-state index is 4.74. The van der Waals surface area contributed by atoms with Crippen LogP contribution in [-0.2, 0) is 5.41 Å². The highest BCUT2D eigenvalue weighted by molar-refractivity contribution is 5.80. The highest BCUT2D eigenvalue weighted by atomic mass is 14.8. The molecular formula is C24H26N2. The lowest BCUT2D eigenvalue weighted by Crippen LogP contribution is -2.23. The Balaban J connectivity index is 2.26. The molecule has 0 N–H and O–H groups in total.